The average Bonchev–Trinajstić information content (AvgIpc) is 2.51. The molecule has 1 aliphatic rings. The van der Waals surface area contributed by atoms with E-state index in [0.717, 1.165) is 0 Å². The first kappa shape index (κ1) is 15.6. The van der Waals surface area contributed by atoms with Crippen LogP contribution in [-0.4, -0.2) is 37.1 Å². The van der Waals surface area contributed by atoms with Crippen LogP contribution in [0.15, 0.2) is 30.0 Å². The fourth-order valence-corrected chi connectivity index (χ4v) is 2.18. The van der Waals surface area contributed by atoms with E-state index in [1.54, 1.807) is 23.1 Å². The van der Waals surface area contributed by atoms with E-state index in [9.17, 15) is 4.79 Å². The molecule has 7 heteroatoms. The van der Waals surface area contributed by atoms with Gasteiger partial charge in [0, 0.05) is 24.3 Å². The fourth-order valence-electron chi connectivity index (χ4n) is 1.84. The normalized spacial score (nSPS) is 15.5. The van der Waals surface area contributed by atoms with Crippen LogP contribution in [0.25, 0.3) is 0 Å². The molecule has 0 spiro atoms. The summed E-state index contributed by atoms with van der Waals surface area (Å²) in [4.78, 5) is 13.8. The topological polar surface area (TPSA) is 65.4 Å². The molecular weight excluding hydrogens is 313 g/mol. The summed E-state index contributed by atoms with van der Waals surface area (Å²) in [6.45, 7) is 1.93. The Labute approximate surface area is 132 Å². The second-order valence-electron chi connectivity index (χ2n) is 4.34. The van der Waals surface area contributed by atoms with E-state index in [-0.39, 0.29) is 11.5 Å². The summed E-state index contributed by atoms with van der Waals surface area (Å²) in [7, 11) is 0. The Morgan fingerprint density at radius 1 is 1.38 bits per heavy atom. The number of carbonyl (C=O) groups is 1. The molecule has 2 rings (SSSR count). The third-order valence-electron chi connectivity index (χ3n) is 2.95. The summed E-state index contributed by atoms with van der Waals surface area (Å²) < 4.78 is 5.18. The predicted molar refractivity (Wildman–Crippen MR) is 81.2 cm³/mol. The third kappa shape index (κ3) is 4.11. The van der Waals surface area contributed by atoms with Crippen molar-refractivity contribution in [2.45, 2.75) is 0 Å². The van der Waals surface area contributed by atoms with Crippen LogP contribution in [0.2, 0.25) is 10.0 Å². The average molecular weight is 326 g/mol. The lowest BCUT2D eigenvalue weighted by Gasteiger charge is -2.26. The minimum atomic E-state index is -0.327. The molecule has 0 saturated carbocycles. The maximum Gasteiger partial charge on any atom is 0.266 e. The SMILES string of the molecule is N#C/C(=C/Nc1cc(Cl)ccc1Cl)C(=O)N1CCOCC1. The van der Waals surface area contributed by atoms with Gasteiger partial charge in [0.1, 0.15) is 11.6 Å². The predicted octanol–water partition coefficient (Wildman–Crippen LogP) is 2.67. The van der Waals surface area contributed by atoms with Crippen molar-refractivity contribution in [2.75, 3.05) is 31.6 Å². The van der Waals surface area contributed by atoms with Crippen molar-refractivity contribution >= 4 is 34.8 Å². The first-order chi connectivity index (χ1) is 10.1. The second kappa shape index (κ2) is 7.32. The van der Waals surface area contributed by atoms with Crippen LogP contribution in [-0.2, 0) is 9.53 Å². The number of ether oxygens (including phenoxy) is 1. The molecule has 1 saturated heterocycles. The highest BCUT2D eigenvalue weighted by Gasteiger charge is 2.20. The molecule has 1 aliphatic heterocycles. The molecule has 1 amide bonds. The number of anilines is 1. The van der Waals surface area contributed by atoms with Crippen molar-refractivity contribution in [3.8, 4) is 6.07 Å². The van der Waals surface area contributed by atoms with Crippen molar-refractivity contribution in [3.05, 3.63) is 40.0 Å². The Balaban J connectivity index is 2.11. The van der Waals surface area contributed by atoms with Crippen LogP contribution in [0, 0.1) is 11.3 Å². The van der Waals surface area contributed by atoms with Gasteiger partial charge < -0.3 is 15.0 Å². The van der Waals surface area contributed by atoms with E-state index in [1.165, 1.54) is 6.20 Å². The maximum absolute atomic E-state index is 12.2. The third-order valence-corrected chi connectivity index (χ3v) is 3.51. The van der Waals surface area contributed by atoms with Crippen LogP contribution in [0.3, 0.4) is 0 Å². The number of hydrogen-bond donors (Lipinski definition) is 1. The van der Waals surface area contributed by atoms with Gasteiger partial charge in [0.15, 0.2) is 0 Å². The lowest BCUT2D eigenvalue weighted by molar-refractivity contribution is -0.130. The van der Waals surface area contributed by atoms with E-state index in [1.807, 2.05) is 6.07 Å². The highest BCUT2D eigenvalue weighted by Crippen LogP contribution is 2.25. The Bertz CT molecular complexity index is 605. The highest BCUT2D eigenvalue weighted by molar-refractivity contribution is 6.35. The standard InChI is InChI=1S/C14H13Cl2N3O2/c15-11-1-2-12(16)13(7-11)18-9-10(8-17)14(20)19-3-5-21-6-4-19/h1-2,7,9,18H,3-6H2/b10-9-. The molecule has 1 aromatic carbocycles. The number of nitrogens with zero attached hydrogens (tertiary/aromatic N) is 2. The quantitative estimate of drug-likeness (QED) is 0.685. The minimum absolute atomic E-state index is 0.00735. The van der Waals surface area contributed by atoms with E-state index in [2.05, 4.69) is 5.32 Å². The Kier molecular flexibility index (Phi) is 5.45. The van der Waals surface area contributed by atoms with Crippen molar-refractivity contribution in [1.29, 1.82) is 5.26 Å². The molecule has 5 nitrogen and oxygen atoms in total. The smallest absolute Gasteiger partial charge is 0.266 e. The van der Waals surface area contributed by atoms with Crippen LogP contribution in [0.1, 0.15) is 0 Å². The molecule has 0 unspecified atom stereocenters. The molecule has 0 atom stereocenters. The minimum Gasteiger partial charge on any atom is -0.378 e. The molecule has 1 heterocycles. The number of amides is 1. The number of hydrogen-bond acceptors (Lipinski definition) is 4. The molecule has 0 aromatic heterocycles. The molecule has 0 aliphatic carbocycles. The fraction of sp³-hybridized carbons (Fsp3) is 0.286. The van der Waals surface area contributed by atoms with Crippen LogP contribution < -0.4 is 5.32 Å². The van der Waals surface area contributed by atoms with E-state index in [0.29, 0.717) is 42.0 Å². The van der Waals surface area contributed by atoms with Crippen molar-refractivity contribution < 1.29 is 9.53 Å². The summed E-state index contributed by atoms with van der Waals surface area (Å²) in [5, 5.41) is 12.9. The largest absolute Gasteiger partial charge is 0.378 e. The number of halogens is 2. The molecular formula is C14H13Cl2N3O2. The van der Waals surface area contributed by atoms with E-state index < -0.39 is 0 Å². The molecule has 1 aromatic rings. The van der Waals surface area contributed by atoms with Crippen LogP contribution in [0.5, 0.6) is 0 Å². The highest BCUT2D eigenvalue weighted by atomic mass is 35.5. The van der Waals surface area contributed by atoms with E-state index >= 15 is 0 Å². The van der Waals surface area contributed by atoms with Gasteiger partial charge in [-0.1, -0.05) is 23.2 Å². The van der Waals surface area contributed by atoms with E-state index in [4.69, 9.17) is 33.2 Å². The maximum atomic E-state index is 12.2. The zero-order chi connectivity index (χ0) is 15.2. The number of benzene rings is 1. The molecule has 110 valence electrons. The van der Waals surface area contributed by atoms with Crippen LogP contribution >= 0.6 is 23.2 Å². The number of morpholine rings is 1. The lowest BCUT2D eigenvalue weighted by Crippen LogP contribution is -2.41. The number of rotatable bonds is 3. The Hall–Kier alpha value is -1.74. The molecule has 0 radical (unpaired) electrons. The second-order valence-corrected chi connectivity index (χ2v) is 5.19. The molecule has 1 fully saturated rings. The summed E-state index contributed by atoms with van der Waals surface area (Å²) in [5.74, 6) is -0.327. The summed E-state index contributed by atoms with van der Waals surface area (Å²) in [5.41, 5.74) is 0.541. The first-order valence-corrected chi connectivity index (χ1v) is 7.06. The summed E-state index contributed by atoms with van der Waals surface area (Å²) in [6, 6.07) is 6.80. The number of nitrogens with one attached hydrogen (secondary N) is 1. The van der Waals surface area contributed by atoms with Crippen LogP contribution in [0.4, 0.5) is 5.69 Å². The van der Waals surface area contributed by atoms with Crippen molar-refractivity contribution in [3.63, 3.8) is 0 Å². The molecule has 0 bridgehead atoms. The summed E-state index contributed by atoms with van der Waals surface area (Å²) >= 11 is 11.9. The molecule has 1 N–H and O–H groups in total. The Morgan fingerprint density at radius 2 is 2.10 bits per heavy atom. The monoisotopic (exact) mass is 325 g/mol. The van der Waals surface area contributed by atoms with Gasteiger partial charge in [-0.25, -0.2) is 0 Å². The number of carbonyl (C=O) groups excluding carboxylic acids is 1. The zero-order valence-electron chi connectivity index (χ0n) is 11.1. The van der Waals surface area contributed by atoms with Gasteiger partial charge in [-0.05, 0) is 18.2 Å². The van der Waals surface area contributed by atoms with Gasteiger partial charge in [0.2, 0.25) is 0 Å². The first-order valence-electron chi connectivity index (χ1n) is 6.30. The Morgan fingerprint density at radius 3 is 2.76 bits per heavy atom. The zero-order valence-corrected chi connectivity index (χ0v) is 12.6. The van der Waals surface area contributed by atoms with Crippen molar-refractivity contribution in [2.24, 2.45) is 0 Å². The van der Waals surface area contributed by atoms with Gasteiger partial charge in [0.05, 0.1) is 23.9 Å². The van der Waals surface area contributed by atoms with Gasteiger partial charge in [0.25, 0.3) is 5.91 Å². The van der Waals surface area contributed by atoms with Gasteiger partial charge in [-0.2, -0.15) is 5.26 Å². The number of nitriles is 1. The van der Waals surface area contributed by atoms with Gasteiger partial charge >= 0.3 is 0 Å². The van der Waals surface area contributed by atoms with Gasteiger partial charge in [-0.15, -0.1) is 0 Å². The van der Waals surface area contributed by atoms with Gasteiger partial charge in [-0.3, -0.25) is 4.79 Å². The summed E-state index contributed by atoms with van der Waals surface area (Å²) in [6.07, 6.45) is 1.34. The lowest BCUT2D eigenvalue weighted by atomic mass is 10.2. The van der Waals surface area contributed by atoms with Crippen molar-refractivity contribution in [1.82, 2.24) is 4.90 Å². The molecule has 21 heavy (non-hydrogen) atoms.